The van der Waals surface area contributed by atoms with Crippen molar-refractivity contribution in [1.82, 2.24) is 9.80 Å². The zero-order valence-electron chi connectivity index (χ0n) is 16.0. The first-order valence-electron chi connectivity index (χ1n) is 9.75. The molecule has 8 heteroatoms. The van der Waals surface area contributed by atoms with E-state index in [1.807, 2.05) is 42.5 Å². The van der Waals surface area contributed by atoms with Gasteiger partial charge in [0.05, 0.1) is 5.02 Å². The smallest absolute Gasteiger partial charge is 0.267 e. The van der Waals surface area contributed by atoms with E-state index in [1.54, 1.807) is 15.9 Å². The lowest BCUT2D eigenvalue weighted by atomic mass is 10.2. The second-order valence-corrected chi connectivity index (χ2v) is 8.65. The van der Waals surface area contributed by atoms with Crippen LogP contribution in [-0.2, 0) is 4.79 Å². The molecular weight excluding hydrogens is 424 g/mol. The van der Waals surface area contributed by atoms with Gasteiger partial charge in [-0.25, -0.2) is 0 Å². The number of halogens is 1. The summed E-state index contributed by atoms with van der Waals surface area (Å²) >= 11 is 7.87. The fraction of sp³-hybridized carbons (Fsp3) is 0.273. The van der Waals surface area contributed by atoms with Gasteiger partial charge in [-0.05, 0) is 18.2 Å². The Morgan fingerprint density at radius 1 is 0.933 bits per heavy atom. The maximum absolute atomic E-state index is 13.0. The molecule has 0 aliphatic carbocycles. The highest BCUT2D eigenvalue weighted by Gasteiger charge is 2.34. The standard InChI is InChI=1S/C22H19ClN2O4S/c23-19-14-5-1-4-8-18(14)30-20(19)22(27)25-11-9-24(10-12-25)21(26)17-13-28-15-6-2-3-7-16(15)29-17/h1-8,17H,9-13H2/t17-/m1/s1. The van der Waals surface area contributed by atoms with Crippen molar-refractivity contribution in [2.24, 2.45) is 0 Å². The number of nitrogens with zero attached hydrogens (tertiary/aromatic N) is 2. The van der Waals surface area contributed by atoms with Gasteiger partial charge in [0.15, 0.2) is 11.5 Å². The molecule has 1 atom stereocenters. The van der Waals surface area contributed by atoms with Gasteiger partial charge in [-0.1, -0.05) is 41.9 Å². The minimum Gasteiger partial charge on any atom is -0.485 e. The van der Waals surface area contributed by atoms with Crippen molar-refractivity contribution in [2.75, 3.05) is 32.8 Å². The number of ether oxygens (including phenoxy) is 2. The summed E-state index contributed by atoms with van der Waals surface area (Å²) in [5.74, 6) is 1.03. The molecule has 0 N–H and O–H groups in total. The van der Waals surface area contributed by atoms with Gasteiger partial charge in [-0.2, -0.15) is 0 Å². The molecule has 2 aliphatic rings. The minimum absolute atomic E-state index is 0.0838. The van der Waals surface area contributed by atoms with Crippen LogP contribution in [0.3, 0.4) is 0 Å². The van der Waals surface area contributed by atoms with Crippen LogP contribution in [0.4, 0.5) is 0 Å². The van der Waals surface area contributed by atoms with Crippen LogP contribution in [0.1, 0.15) is 9.67 Å². The summed E-state index contributed by atoms with van der Waals surface area (Å²) < 4.78 is 12.5. The molecule has 2 aliphatic heterocycles. The van der Waals surface area contributed by atoms with Crippen molar-refractivity contribution >= 4 is 44.8 Å². The first-order chi connectivity index (χ1) is 14.6. The van der Waals surface area contributed by atoms with E-state index in [0.29, 0.717) is 47.6 Å². The number of thiophene rings is 1. The van der Waals surface area contributed by atoms with Crippen LogP contribution < -0.4 is 9.47 Å². The van der Waals surface area contributed by atoms with Crippen molar-refractivity contribution in [1.29, 1.82) is 0 Å². The average Bonchev–Trinajstić information content (AvgIpc) is 3.14. The van der Waals surface area contributed by atoms with Gasteiger partial charge < -0.3 is 19.3 Å². The number of fused-ring (bicyclic) bond motifs is 2. The molecule has 3 heterocycles. The molecule has 3 aromatic rings. The van der Waals surface area contributed by atoms with E-state index in [-0.39, 0.29) is 18.4 Å². The number of benzene rings is 2. The van der Waals surface area contributed by atoms with Gasteiger partial charge in [0.2, 0.25) is 6.10 Å². The van der Waals surface area contributed by atoms with Crippen molar-refractivity contribution < 1.29 is 19.1 Å². The van der Waals surface area contributed by atoms with Crippen LogP contribution in [0.25, 0.3) is 10.1 Å². The molecule has 0 spiro atoms. The maximum Gasteiger partial charge on any atom is 0.267 e. The molecule has 1 saturated heterocycles. The van der Waals surface area contributed by atoms with Crippen molar-refractivity contribution in [3.05, 3.63) is 58.4 Å². The molecule has 154 valence electrons. The van der Waals surface area contributed by atoms with Crippen LogP contribution in [0, 0.1) is 0 Å². The number of carbonyl (C=O) groups excluding carboxylic acids is 2. The number of amides is 2. The lowest BCUT2D eigenvalue weighted by Gasteiger charge is -2.37. The third-order valence-electron chi connectivity index (χ3n) is 5.39. The van der Waals surface area contributed by atoms with E-state index < -0.39 is 6.10 Å². The minimum atomic E-state index is -0.667. The predicted octanol–water partition coefficient (Wildman–Crippen LogP) is 3.68. The second kappa shape index (κ2) is 7.81. The molecular formula is C22H19ClN2O4S. The van der Waals surface area contributed by atoms with Crippen molar-refractivity contribution in [2.45, 2.75) is 6.10 Å². The Morgan fingerprint density at radius 3 is 2.37 bits per heavy atom. The van der Waals surface area contributed by atoms with Gasteiger partial charge in [0, 0.05) is 36.3 Å². The quantitative estimate of drug-likeness (QED) is 0.607. The highest BCUT2D eigenvalue weighted by molar-refractivity contribution is 7.21. The van der Waals surface area contributed by atoms with Crippen LogP contribution in [0.2, 0.25) is 5.02 Å². The molecule has 0 saturated carbocycles. The lowest BCUT2D eigenvalue weighted by molar-refractivity contribution is -0.142. The number of carbonyl (C=O) groups is 2. The summed E-state index contributed by atoms with van der Waals surface area (Å²) in [6.45, 7) is 2.01. The highest BCUT2D eigenvalue weighted by Crippen LogP contribution is 2.36. The molecule has 2 aromatic carbocycles. The molecule has 30 heavy (non-hydrogen) atoms. The molecule has 6 nitrogen and oxygen atoms in total. The Hall–Kier alpha value is -2.77. The maximum atomic E-state index is 13.0. The van der Waals surface area contributed by atoms with Crippen LogP contribution in [0.5, 0.6) is 11.5 Å². The number of rotatable bonds is 2. The fourth-order valence-electron chi connectivity index (χ4n) is 3.77. The third-order valence-corrected chi connectivity index (χ3v) is 7.06. The first kappa shape index (κ1) is 19.2. The van der Waals surface area contributed by atoms with Crippen molar-refractivity contribution in [3.8, 4) is 11.5 Å². The van der Waals surface area contributed by atoms with Gasteiger partial charge in [-0.15, -0.1) is 11.3 Å². The van der Waals surface area contributed by atoms with E-state index in [9.17, 15) is 9.59 Å². The molecule has 0 bridgehead atoms. The number of hydrogen-bond donors (Lipinski definition) is 0. The van der Waals surface area contributed by atoms with Gasteiger partial charge in [-0.3, -0.25) is 9.59 Å². The van der Waals surface area contributed by atoms with E-state index in [4.69, 9.17) is 21.1 Å². The number of hydrogen-bond acceptors (Lipinski definition) is 5. The summed E-state index contributed by atoms with van der Waals surface area (Å²) in [7, 11) is 0. The number of para-hydroxylation sites is 2. The molecule has 5 rings (SSSR count). The number of piperazine rings is 1. The summed E-state index contributed by atoms with van der Waals surface area (Å²) in [4.78, 5) is 29.9. The van der Waals surface area contributed by atoms with Crippen LogP contribution in [0.15, 0.2) is 48.5 Å². The normalized spacial score (nSPS) is 18.5. The fourth-order valence-corrected chi connectivity index (χ4v) is 5.25. The molecule has 2 amide bonds. The predicted molar refractivity (Wildman–Crippen MR) is 116 cm³/mol. The van der Waals surface area contributed by atoms with Gasteiger partial charge in [0.1, 0.15) is 11.5 Å². The largest absolute Gasteiger partial charge is 0.485 e. The zero-order chi connectivity index (χ0) is 20.7. The van der Waals surface area contributed by atoms with E-state index in [1.165, 1.54) is 11.3 Å². The second-order valence-electron chi connectivity index (χ2n) is 7.22. The SMILES string of the molecule is O=C(c1sc2ccccc2c1Cl)N1CCN(C(=O)[C@H]2COc3ccccc3O2)CC1. The van der Waals surface area contributed by atoms with E-state index >= 15 is 0 Å². The molecule has 0 radical (unpaired) electrons. The summed E-state index contributed by atoms with van der Waals surface area (Å²) in [6.07, 6.45) is -0.667. The molecule has 0 unspecified atom stereocenters. The van der Waals surface area contributed by atoms with E-state index in [2.05, 4.69) is 0 Å². The Morgan fingerprint density at radius 2 is 1.60 bits per heavy atom. The lowest BCUT2D eigenvalue weighted by Crippen LogP contribution is -2.55. The Kier molecular flexibility index (Phi) is 5.00. The Bertz CT molecular complexity index is 1120. The monoisotopic (exact) mass is 442 g/mol. The topological polar surface area (TPSA) is 59.1 Å². The Balaban J connectivity index is 1.23. The first-order valence-corrected chi connectivity index (χ1v) is 10.9. The molecule has 1 aromatic heterocycles. The van der Waals surface area contributed by atoms with E-state index in [0.717, 1.165) is 10.1 Å². The molecule has 1 fully saturated rings. The summed E-state index contributed by atoms with van der Waals surface area (Å²) in [5.41, 5.74) is 0. The van der Waals surface area contributed by atoms with Crippen LogP contribution >= 0.6 is 22.9 Å². The average molecular weight is 443 g/mol. The highest BCUT2D eigenvalue weighted by atomic mass is 35.5. The van der Waals surface area contributed by atoms with Gasteiger partial charge in [0.25, 0.3) is 11.8 Å². The Labute approximate surface area is 182 Å². The zero-order valence-corrected chi connectivity index (χ0v) is 17.6. The van der Waals surface area contributed by atoms with Crippen molar-refractivity contribution in [3.63, 3.8) is 0 Å². The third kappa shape index (κ3) is 3.38. The summed E-state index contributed by atoms with van der Waals surface area (Å²) in [6, 6.07) is 15.1. The summed E-state index contributed by atoms with van der Waals surface area (Å²) in [5, 5.41) is 1.40. The van der Waals surface area contributed by atoms with Crippen LogP contribution in [-0.4, -0.2) is 60.5 Å². The van der Waals surface area contributed by atoms with Gasteiger partial charge >= 0.3 is 0 Å².